The van der Waals surface area contributed by atoms with Crippen LogP contribution in [0.25, 0.3) is 0 Å². The first-order valence-electron chi connectivity index (χ1n) is 12.7. The Bertz CT molecular complexity index is 1210. The molecule has 10 heteroatoms. The Kier molecular flexibility index (Phi) is 8.83. The Labute approximate surface area is 221 Å². The van der Waals surface area contributed by atoms with E-state index in [4.69, 9.17) is 0 Å². The van der Waals surface area contributed by atoms with Crippen LogP contribution in [0.15, 0.2) is 47.9 Å². The number of carbonyl (C=O) groups is 1. The van der Waals surface area contributed by atoms with Crippen LogP contribution in [0.4, 0.5) is 14.6 Å². The molecule has 37 heavy (non-hydrogen) atoms. The molecule has 1 aromatic heterocycles. The van der Waals surface area contributed by atoms with Crippen molar-refractivity contribution in [2.75, 3.05) is 25.5 Å². The maximum atomic E-state index is 15.7. The number of carbonyl (C=O) groups excluding carboxylic acids is 1. The second kappa shape index (κ2) is 11.7. The summed E-state index contributed by atoms with van der Waals surface area (Å²) in [5, 5.41) is 3.27. The third kappa shape index (κ3) is 5.82. The number of aromatic nitrogens is 1. The third-order valence-electron chi connectivity index (χ3n) is 7.67. The molecule has 3 unspecified atom stereocenters. The second-order valence-corrected chi connectivity index (χ2v) is 12.5. The first-order chi connectivity index (χ1) is 17.6. The topological polar surface area (TPSA) is 57.6 Å². The molecule has 200 valence electrons. The number of nitrogens with one attached hydrogen (secondary N) is 1. The van der Waals surface area contributed by atoms with Crippen LogP contribution in [0.3, 0.4) is 0 Å². The molecule has 1 amide bonds. The summed E-state index contributed by atoms with van der Waals surface area (Å²) in [5.74, 6) is -0.684. The molecule has 2 heterocycles. The lowest BCUT2D eigenvalue weighted by molar-refractivity contribution is -0.00377. The first kappa shape index (κ1) is 27.9. The number of benzene rings is 1. The van der Waals surface area contributed by atoms with Gasteiger partial charge >= 0.3 is 0 Å². The highest BCUT2D eigenvalue weighted by molar-refractivity contribution is 7.37. The Balaban J connectivity index is 1.68. The zero-order chi connectivity index (χ0) is 26.9. The fourth-order valence-electron chi connectivity index (χ4n) is 5.70. The summed E-state index contributed by atoms with van der Waals surface area (Å²) in [6.45, 7) is 7.34. The number of allylic oxidation sites excluding steroid dienone is 1. The van der Waals surface area contributed by atoms with Gasteiger partial charge in [-0.2, -0.15) is 5.12 Å². The Morgan fingerprint density at radius 1 is 1.27 bits per heavy atom. The molecular weight excluding hydrogens is 512 g/mol. The number of amides is 1. The number of hydrogen-bond acceptors (Lipinski definition) is 4. The van der Waals surface area contributed by atoms with Crippen molar-refractivity contribution in [1.29, 1.82) is 0 Å². The summed E-state index contributed by atoms with van der Waals surface area (Å²) in [7, 11) is 7.09. The second-order valence-electron chi connectivity index (χ2n) is 10.3. The molecule has 2 bridgehead atoms. The highest BCUT2D eigenvalue weighted by Crippen LogP contribution is 2.39. The van der Waals surface area contributed by atoms with Crippen LogP contribution in [0.1, 0.15) is 59.1 Å². The molecule has 2 fully saturated rings. The lowest BCUT2D eigenvalue weighted by Crippen LogP contribution is -2.46. The van der Waals surface area contributed by atoms with Gasteiger partial charge in [0.05, 0.1) is 17.3 Å². The van der Waals surface area contributed by atoms with Gasteiger partial charge in [-0.25, -0.2) is 4.39 Å². The molecule has 1 aliphatic carbocycles. The number of nitrogens with zero attached hydrogens (tertiary/aromatic N) is 3. The molecular formula is C27H36F2N4O2P2. The third-order valence-corrected chi connectivity index (χ3v) is 8.39. The van der Waals surface area contributed by atoms with Gasteiger partial charge in [0.15, 0.2) is 0 Å². The normalized spacial score (nSPS) is 22.2. The van der Waals surface area contributed by atoms with Crippen molar-refractivity contribution in [2.24, 2.45) is 11.8 Å². The van der Waals surface area contributed by atoms with Crippen LogP contribution in [0.2, 0.25) is 0 Å². The van der Waals surface area contributed by atoms with E-state index < -0.39 is 17.8 Å². The van der Waals surface area contributed by atoms with Gasteiger partial charge < -0.3 is 14.8 Å². The van der Waals surface area contributed by atoms with Gasteiger partial charge in [-0.15, -0.1) is 25.1 Å². The quantitative estimate of drug-likeness (QED) is 0.268. The number of piperidine rings is 1. The van der Waals surface area contributed by atoms with Gasteiger partial charge in [-0.3, -0.25) is 9.59 Å². The summed E-state index contributed by atoms with van der Waals surface area (Å²) in [4.78, 5) is 28.7. The molecule has 0 radical (unpaired) electrons. The van der Waals surface area contributed by atoms with Gasteiger partial charge in [-0.05, 0) is 50.6 Å². The van der Waals surface area contributed by atoms with Crippen molar-refractivity contribution >= 4 is 30.1 Å². The standard InChI is InChI=1S/C27H36F2N4O2P2/c1-4-5-11-32-15-21(22(12-23(32)34)30-25-17-9-10-18(25)14-31(3)13-17)26(35)33(29)16(2)19-7-6-8-20(24(19)28)27(36)37/h4,6-8,12,15-18,25,27,30H,1,5,9-11,13-14,36-37H2,2-3H3/t16-,17-,18+,25?/m1/s1. The SMILES string of the molecule is C=CCCn1cc(C(=O)N(F)[C@H](C)c2cccc(C(P)P)c2F)c(NC2[C@@H]3CC[C@H]2CN(C)C3)cc1=O. The number of hydrogen-bond donors (Lipinski definition) is 1. The van der Waals surface area contributed by atoms with Crippen molar-refractivity contribution in [3.63, 3.8) is 0 Å². The summed E-state index contributed by atoms with van der Waals surface area (Å²) in [5.41, 5.74) is 0.605. The number of pyridine rings is 1. The van der Waals surface area contributed by atoms with Crippen molar-refractivity contribution in [3.8, 4) is 0 Å². The molecule has 4 rings (SSSR count). The van der Waals surface area contributed by atoms with Crippen LogP contribution < -0.4 is 10.9 Å². The molecule has 6 nitrogen and oxygen atoms in total. The molecule has 0 spiro atoms. The summed E-state index contributed by atoms with van der Waals surface area (Å²) < 4.78 is 32.3. The Morgan fingerprint density at radius 3 is 2.54 bits per heavy atom. The minimum Gasteiger partial charge on any atom is -0.381 e. The summed E-state index contributed by atoms with van der Waals surface area (Å²) >= 11 is 0. The van der Waals surface area contributed by atoms with E-state index in [1.165, 1.54) is 29.8 Å². The number of fused-ring (bicyclic) bond motifs is 2. The average Bonchev–Trinajstić information content (AvgIpc) is 3.09. The Hall–Kier alpha value is -2.14. The number of halogens is 2. The van der Waals surface area contributed by atoms with Crippen LogP contribution in [0.5, 0.6) is 0 Å². The van der Waals surface area contributed by atoms with E-state index in [9.17, 15) is 9.59 Å². The fraction of sp³-hybridized carbons (Fsp3) is 0.481. The average molecular weight is 549 g/mol. The largest absolute Gasteiger partial charge is 0.381 e. The molecule has 1 saturated heterocycles. The highest BCUT2D eigenvalue weighted by atomic mass is 31.1. The zero-order valence-electron chi connectivity index (χ0n) is 21.4. The van der Waals surface area contributed by atoms with Gasteiger partial charge in [0, 0.05) is 48.9 Å². The van der Waals surface area contributed by atoms with Gasteiger partial charge in [0.25, 0.3) is 11.5 Å². The van der Waals surface area contributed by atoms with Crippen LogP contribution in [-0.2, 0) is 6.54 Å². The molecule has 6 atom stereocenters. The van der Waals surface area contributed by atoms with Gasteiger partial charge in [-0.1, -0.05) is 28.8 Å². The van der Waals surface area contributed by atoms with E-state index in [1.54, 1.807) is 18.2 Å². The van der Waals surface area contributed by atoms with Gasteiger partial charge in [0.2, 0.25) is 0 Å². The van der Waals surface area contributed by atoms with E-state index in [-0.39, 0.29) is 33.3 Å². The number of anilines is 1. The smallest absolute Gasteiger partial charge is 0.285 e. The molecule has 2 aliphatic rings. The number of likely N-dealkylation sites (tertiary alicyclic amines) is 1. The lowest BCUT2D eigenvalue weighted by atomic mass is 9.92. The van der Waals surface area contributed by atoms with E-state index >= 15 is 8.87 Å². The van der Waals surface area contributed by atoms with Crippen molar-refractivity contribution in [2.45, 2.75) is 50.2 Å². The summed E-state index contributed by atoms with van der Waals surface area (Å²) in [6.07, 6.45) is 5.77. The first-order valence-corrected chi connectivity index (χ1v) is 14.0. The fourth-order valence-corrected chi connectivity index (χ4v) is 6.22. The maximum Gasteiger partial charge on any atom is 0.285 e. The van der Waals surface area contributed by atoms with Crippen molar-refractivity contribution in [1.82, 2.24) is 14.6 Å². The molecule has 1 saturated carbocycles. The highest BCUT2D eigenvalue weighted by Gasteiger charge is 2.41. The van der Waals surface area contributed by atoms with Crippen LogP contribution in [0, 0.1) is 17.7 Å². The van der Waals surface area contributed by atoms with Gasteiger partial charge in [0.1, 0.15) is 5.82 Å². The van der Waals surface area contributed by atoms with Crippen LogP contribution >= 0.6 is 18.5 Å². The molecule has 2 aromatic rings. The minimum absolute atomic E-state index is 0.0582. The van der Waals surface area contributed by atoms with Crippen molar-refractivity contribution < 1.29 is 13.7 Å². The summed E-state index contributed by atoms with van der Waals surface area (Å²) in [6, 6.07) is 5.10. The monoisotopic (exact) mass is 548 g/mol. The number of aryl methyl sites for hydroxylation is 1. The maximum absolute atomic E-state index is 15.7. The molecule has 1 aliphatic heterocycles. The zero-order valence-corrected chi connectivity index (χ0v) is 23.7. The van der Waals surface area contributed by atoms with E-state index in [0.717, 1.165) is 25.9 Å². The van der Waals surface area contributed by atoms with Crippen molar-refractivity contribution in [3.05, 3.63) is 76.0 Å². The molecule has 1 aromatic carbocycles. The van der Waals surface area contributed by atoms with E-state index in [1.807, 2.05) is 0 Å². The van der Waals surface area contributed by atoms with E-state index in [0.29, 0.717) is 36.1 Å². The lowest BCUT2D eigenvalue weighted by Gasteiger charge is -2.37. The van der Waals surface area contributed by atoms with E-state index in [2.05, 4.69) is 42.3 Å². The predicted molar refractivity (Wildman–Crippen MR) is 151 cm³/mol. The van der Waals surface area contributed by atoms with Crippen LogP contribution in [-0.4, -0.2) is 46.7 Å². The predicted octanol–water partition coefficient (Wildman–Crippen LogP) is 5.15. The molecule has 1 N–H and O–H groups in total. The Morgan fingerprint density at radius 2 is 1.92 bits per heavy atom. The minimum atomic E-state index is -1.16. The number of rotatable bonds is 9.